The van der Waals surface area contributed by atoms with Gasteiger partial charge in [-0.3, -0.25) is 9.59 Å². The molecule has 3 aromatic rings. The first-order valence-electron chi connectivity index (χ1n) is 12.1. The summed E-state index contributed by atoms with van der Waals surface area (Å²) in [6, 6.07) is 8.91. The minimum atomic E-state index is -0.831. The van der Waals surface area contributed by atoms with Crippen LogP contribution in [0.25, 0.3) is 22.3 Å². The van der Waals surface area contributed by atoms with Gasteiger partial charge in [0.25, 0.3) is 0 Å². The largest absolute Gasteiger partial charge is 0.493 e. The predicted molar refractivity (Wildman–Crippen MR) is 144 cm³/mol. The van der Waals surface area contributed by atoms with Gasteiger partial charge in [0.05, 0.1) is 21.3 Å². The summed E-state index contributed by atoms with van der Waals surface area (Å²) in [4.78, 5) is 38.4. The summed E-state index contributed by atoms with van der Waals surface area (Å²) in [6.45, 7) is 8.88. The van der Waals surface area contributed by atoms with Crippen molar-refractivity contribution in [3.05, 3.63) is 46.6 Å². The van der Waals surface area contributed by atoms with E-state index in [9.17, 15) is 14.4 Å². The third-order valence-electron chi connectivity index (χ3n) is 5.56. The molecule has 0 unspecified atom stereocenters. The molecule has 1 aromatic heterocycles. The van der Waals surface area contributed by atoms with Crippen LogP contribution in [-0.2, 0) is 9.53 Å². The summed E-state index contributed by atoms with van der Waals surface area (Å²) >= 11 is 0. The Morgan fingerprint density at radius 2 is 1.63 bits per heavy atom. The smallest absolute Gasteiger partial charge is 0.408 e. The van der Waals surface area contributed by atoms with Crippen LogP contribution in [0.3, 0.4) is 0 Å². The Hall–Kier alpha value is -4.21. The van der Waals surface area contributed by atoms with Gasteiger partial charge in [-0.1, -0.05) is 26.0 Å². The van der Waals surface area contributed by atoms with Crippen molar-refractivity contribution in [2.75, 3.05) is 26.6 Å². The zero-order valence-electron chi connectivity index (χ0n) is 22.9. The fourth-order valence-corrected chi connectivity index (χ4v) is 3.87. The number of rotatable bonds is 8. The van der Waals surface area contributed by atoms with Gasteiger partial charge in [-0.25, -0.2) is 4.79 Å². The summed E-state index contributed by atoms with van der Waals surface area (Å²) in [6.07, 6.45) is -0.680. The van der Waals surface area contributed by atoms with Crippen LogP contribution < -0.4 is 30.3 Å². The topological polar surface area (TPSA) is 125 Å². The third-order valence-corrected chi connectivity index (χ3v) is 5.56. The second-order valence-corrected chi connectivity index (χ2v) is 9.93. The standard InChI is InChI=1S/C28H34N2O8/c1-15(2)23(30-27(33)38-28(3,4)5)26(32)29-17-11-9-10-16(12-17)19-13-18(31)22-20(37-19)14-21(34-6)24(35-7)25(22)36-8/h9-15,23H,1-8H3,(H,29,32)(H,30,33)/t23-/m0/s1. The first kappa shape index (κ1) is 28.4. The Balaban J connectivity index is 1.93. The van der Waals surface area contributed by atoms with Crippen molar-refractivity contribution in [1.82, 2.24) is 5.32 Å². The maximum Gasteiger partial charge on any atom is 0.408 e. The minimum absolute atomic E-state index is 0.203. The molecule has 2 N–H and O–H groups in total. The molecule has 0 spiro atoms. The normalized spacial score (nSPS) is 12.1. The lowest BCUT2D eigenvalue weighted by Gasteiger charge is -2.25. The quantitative estimate of drug-likeness (QED) is 0.421. The fourth-order valence-electron chi connectivity index (χ4n) is 3.87. The highest BCUT2D eigenvalue weighted by Gasteiger charge is 2.27. The van der Waals surface area contributed by atoms with Crippen molar-refractivity contribution in [3.8, 4) is 28.6 Å². The molecule has 204 valence electrons. The van der Waals surface area contributed by atoms with Crippen molar-refractivity contribution in [2.45, 2.75) is 46.3 Å². The minimum Gasteiger partial charge on any atom is -0.493 e. The third kappa shape index (κ3) is 6.37. The van der Waals surface area contributed by atoms with E-state index in [0.717, 1.165) is 0 Å². The van der Waals surface area contributed by atoms with E-state index in [0.29, 0.717) is 17.0 Å². The van der Waals surface area contributed by atoms with Gasteiger partial charge in [-0.05, 0) is 38.8 Å². The highest BCUT2D eigenvalue weighted by atomic mass is 16.6. The summed E-state index contributed by atoms with van der Waals surface area (Å²) in [7, 11) is 4.35. The highest BCUT2D eigenvalue weighted by molar-refractivity contribution is 5.97. The number of amides is 2. The average molecular weight is 527 g/mol. The lowest BCUT2D eigenvalue weighted by molar-refractivity contribution is -0.119. The zero-order valence-corrected chi connectivity index (χ0v) is 22.9. The molecule has 0 fully saturated rings. The van der Waals surface area contributed by atoms with E-state index in [4.69, 9.17) is 23.4 Å². The number of alkyl carbamates (subject to hydrolysis) is 1. The van der Waals surface area contributed by atoms with Crippen LogP contribution in [-0.4, -0.2) is 45.0 Å². The van der Waals surface area contributed by atoms with Gasteiger partial charge in [0.15, 0.2) is 16.9 Å². The van der Waals surface area contributed by atoms with Crippen molar-refractivity contribution >= 4 is 28.7 Å². The Labute approximate surface area is 221 Å². The van der Waals surface area contributed by atoms with E-state index in [1.54, 1.807) is 51.1 Å². The maximum atomic E-state index is 13.1. The van der Waals surface area contributed by atoms with Crippen LogP contribution in [0.5, 0.6) is 17.2 Å². The number of fused-ring (bicyclic) bond motifs is 1. The number of hydrogen-bond acceptors (Lipinski definition) is 8. The molecule has 0 aliphatic carbocycles. The number of methoxy groups -OCH3 is 3. The van der Waals surface area contributed by atoms with Crippen LogP contribution >= 0.6 is 0 Å². The number of nitrogens with one attached hydrogen (secondary N) is 2. The zero-order chi connectivity index (χ0) is 28.2. The number of benzene rings is 2. The second kappa shape index (κ2) is 11.5. The molecule has 10 heteroatoms. The first-order chi connectivity index (χ1) is 17.9. The molecular weight excluding hydrogens is 492 g/mol. The Morgan fingerprint density at radius 3 is 2.21 bits per heavy atom. The van der Waals surface area contributed by atoms with Gasteiger partial charge in [-0.2, -0.15) is 0 Å². The molecule has 0 radical (unpaired) electrons. The molecule has 1 atom stereocenters. The van der Waals surface area contributed by atoms with Crippen molar-refractivity contribution < 1.29 is 33.0 Å². The molecule has 0 saturated heterocycles. The van der Waals surface area contributed by atoms with Crippen LogP contribution in [0.4, 0.5) is 10.5 Å². The summed E-state index contributed by atoms with van der Waals surface area (Å²) in [5.74, 6) is 0.499. The molecular formula is C28H34N2O8. The fraction of sp³-hybridized carbons (Fsp3) is 0.393. The highest BCUT2D eigenvalue weighted by Crippen LogP contribution is 2.42. The first-order valence-corrected chi connectivity index (χ1v) is 12.1. The van der Waals surface area contributed by atoms with Crippen molar-refractivity contribution in [3.63, 3.8) is 0 Å². The number of anilines is 1. The second-order valence-electron chi connectivity index (χ2n) is 9.93. The molecule has 1 heterocycles. The van der Waals surface area contributed by atoms with Gasteiger partial charge in [0, 0.05) is 23.4 Å². The summed E-state index contributed by atoms with van der Waals surface area (Å²) in [5.41, 5.74) is 0.223. The molecule has 10 nitrogen and oxygen atoms in total. The molecule has 0 bridgehead atoms. The summed E-state index contributed by atoms with van der Waals surface area (Å²) < 4.78 is 27.5. The molecule has 0 aliphatic rings. The van der Waals surface area contributed by atoms with Crippen molar-refractivity contribution in [1.29, 1.82) is 0 Å². The number of hydrogen-bond donors (Lipinski definition) is 2. The molecule has 0 saturated carbocycles. The monoisotopic (exact) mass is 526 g/mol. The predicted octanol–water partition coefficient (Wildman–Crippen LogP) is 4.97. The number of ether oxygens (including phenoxy) is 4. The molecule has 2 aromatic carbocycles. The summed E-state index contributed by atoms with van der Waals surface area (Å²) in [5, 5.41) is 5.66. The van der Waals surface area contributed by atoms with Crippen LogP contribution in [0.2, 0.25) is 0 Å². The molecule has 0 aliphatic heterocycles. The Bertz CT molecular complexity index is 1390. The van der Waals surface area contributed by atoms with Gasteiger partial charge in [0.2, 0.25) is 11.7 Å². The number of carbonyl (C=O) groups excluding carboxylic acids is 2. The van der Waals surface area contributed by atoms with Crippen LogP contribution in [0.1, 0.15) is 34.6 Å². The van der Waals surface area contributed by atoms with Crippen LogP contribution in [0.15, 0.2) is 45.6 Å². The molecule has 38 heavy (non-hydrogen) atoms. The molecule has 3 rings (SSSR count). The van der Waals surface area contributed by atoms with E-state index in [1.165, 1.54) is 27.4 Å². The maximum absolute atomic E-state index is 13.1. The van der Waals surface area contributed by atoms with Crippen LogP contribution in [0, 0.1) is 5.92 Å². The van der Waals surface area contributed by atoms with E-state index >= 15 is 0 Å². The lowest BCUT2D eigenvalue weighted by Crippen LogP contribution is -2.48. The lowest BCUT2D eigenvalue weighted by atomic mass is 10.0. The van der Waals surface area contributed by atoms with Gasteiger partial charge < -0.3 is 34.0 Å². The molecule has 2 amide bonds. The van der Waals surface area contributed by atoms with Crippen molar-refractivity contribution in [2.24, 2.45) is 5.92 Å². The SMILES string of the molecule is COc1cc2oc(-c3cccc(NC(=O)[C@@H](NC(=O)OC(C)(C)C)C(C)C)c3)cc(=O)c2c(OC)c1OC. The van der Waals surface area contributed by atoms with Gasteiger partial charge >= 0.3 is 6.09 Å². The van der Waals surface area contributed by atoms with E-state index in [2.05, 4.69) is 10.6 Å². The van der Waals surface area contributed by atoms with E-state index < -0.39 is 23.6 Å². The van der Waals surface area contributed by atoms with E-state index in [-0.39, 0.29) is 39.6 Å². The van der Waals surface area contributed by atoms with Gasteiger partial charge in [-0.15, -0.1) is 0 Å². The van der Waals surface area contributed by atoms with Gasteiger partial charge in [0.1, 0.15) is 28.4 Å². The van der Waals surface area contributed by atoms with E-state index in [1.807, 2.05) is 13.8 Å². The average Bonchev–Trinajstić information content (AvgIpc) is 2.84. The Morgan fingerprint density at radius 1 is 0.947 bits per heavy atom. The Kier molecular flexibility index (Phi) is 8.55. The number of carbonyl (C=O) groups is 2.